The molecule has 0 saturated heterocycles. The number of nitrogens with zero attached hydrogens (tertiary/aromatic N) is 2. The normalized spacial score (nSPS) is 13.1. The van der Waals surface area contributed by atoms with Crippen molar-refractivity contribution in [2.45, 2.75) is 56.0 Å². The summed E-state index contributed by atoms with van der Waals surface area (Å²) in [5.41, 5.74) is -29.4. The Balaban J connectivity index is 0.000000363. The molecule has 0 aliphatic rings. The van der Waals surface area contributed by atoms with Crippen LogP contribution in [-0.2, 0) is 56.0 Å². The molecule has 5 nitrogen and oxygen atoms in total. The number of ketones is 1. The summed E-state index contributed by atoms with van der Waals surface area (Å²) in [4.78, 5) is 28.4. The number of hydrogen-bond acceptors (Lipinski definition) is 4. The minimum Gasteiger partial charge on any atom is -0.422 e. The highest BCUT2D eigenvalue weighted by Crippen LogP contribution is 2.41. The first-order valence-electron chi connectivity index (χ1n) is 22.0. The van der Waals surface area contributed by atoms with E-state index >= 15 is 0 Å². The van der Waals surface area contributed by atoms with Crippen molar-refractivity contribution in [1.29, 1.82) is 0 Å². The minimum atomic E-state index is -6.13. The Labute approximate surface area is 438 Å². The van der Waals surface area contributed by atoms with Gasteiger partial charge in [0, 0.05) is 5.56 Å². The van der Waals surface area contributed by atoms with E-state index in [1.807, 2.05) is 24.3 Å². The summed E-state index contributed by atoms with van der Waals surface area (Å²) < 4.78 is 348. The number of carbonyl (C=O) groups is 2. The lowest BCUT2D eigenvalue weighted by atomic mass is 9.12. The van der Waals surface area contributed by atoms with Crippen LogP contribution in [0, 0.1) is 0 Å². The molecule has 7 rings (SSSR count). The van der Waals surface area contributed by atoms with Crippen molar-refractivity contribution in [3.05, 3.63) is 208 Å². The van der Waals surface area contributed by atoms with Gasteiger partial charge in [0.05, 0.1) is 50.7 Å². The van der Waals surface area contributed by atoms with Gasteiger partial charge in [-0.15, -0.1) is 0 Å². The van der Waals surface area contributed by atoms with E-state index in [1.165, 1.54) is 12.4 Å². The van der Waals surface area contributed by atoms with Crippen molar-refractivity contribution >= 4 is 39.7 Å². The van der Waals surface area contributed by atoms with Crippen molar-refractivity contribution in [3.8, 4) is 5.75 Å². The second kappa shape index (κ2) is 22.1. The minimum absolute atomic E-state index is 0.0471. The smallest absolute Gasteiger partial charge is 0.416 e. The maximum Gasteiger partial charge on any atom is 0.416 e. The van der Waals surface area contributed by atoms with Gasteiger partial charge >= 0.3 is 55.4 Å². The molecule has 0 saturated carbocycles. The fourth-order valence-electron chi connectivity index (χ4n) is 8.24. The van der Waals surface area contributed by atoms with Crippen molar-refractivity contribution in [2.24, 2.45) is 0 Å². The SMILES string of the molecule is FC(F)(F)c1cc([B-](c2cc(C(F)(F)F)cc(C(F)(F)F)c2)(c2cc(C(F)(F)F)cc(C(F)(F)F)c2)c2cc(C(F)(F)F)cc(C(F)(F)F)c2)cc(C(F)(F)F)c1.O=C(C[n+]1ccnc(C(=O)Oc2ccccc2)c1)c1ccccc1. The van der Waals surface area contributed by atoms with Crippen LogP contribution in [0.4, 0.5) is 105 Å². The third kappa shape index (κ3) is 14.8. The zero-order chi connectivity index (χ0) is 60.7. The number of para-hydroxylation sites is 1. The molecule has 0 aliphatic carbocycles. The van der Waals surface area contributed by atoms with E-state index in [9.17, 15) is 115 Å². The summed E-state index contributed by atoms with van der Waals surface area (Å²) in [5, 5.41) is 0. The topological polar surface area (TPSA) is 60.1 Å². The van der Waals surface area contributed by atoms with Crippen LogP contribution in [0.2, 0.25) is 0 Å². The lowest BCUT2D eigenvalue weighted by Crippen LogP contribution is -2.75. The summed E-state index contributed by atoms with van der Waals surface area (Å²) in [6.07, 6.45) is -50.2. The van der Waals surface area contributed by atoms with Crippen LogP contribution >= 0.6 is 0 Å². The summed E-state index contributed by atoms with van der Waals surface area (Å²) in [6, 6.07) is 8.95. The molecule has 0 spiro atoms. The summed E-state index contributed by atoms with van der Waals surface area (Å²) >= 11 is 0. The zero-order valence-corrected chi connectivity index (χ0v) is 39.4. The fraction of sp³-hybridized carbons (Fsp3) is 0.176. The van der Waals surface area contributed by atoms with Crippen molar-refractivity contribution in [1.82, 2.24) is 4.98 Å². The number of Topliss-reactive ketones (excluding diaryl/α,β-unsaturated/α-hetero) is 1. The van der Waals surface area contributed by atoms with Crippen molar-refractivity contribution in [2.75, 3.05) is 0 Å². The monoisotopic (exact) mass is 1180 g/mol. The maximum absolute atomic E-state index is 14.2. The van der Waals surface area contributed by atoms with E-state index in [-0.39, 0.29) is 18.0 Å². The van der Waals surface area contributed by atoms with Crippen LogP contribution in [0.5, 0.6) is 5.75 Å². The van der Waals surface area contributed by atoms with Gasteiger partial charge in [-0.1, -0.05) is 97.1 Å². The van der Waals surface area contributed by atoms with Gasteiger partial charge in [-0.3, -0.25) is 4.79 Å². The van der Waals surface area contributed by atoms with E-state index in [0.29, 0.717) is 11.3 Å². The predicted octanol–water partition coefficient (Wildman–Crippen LogP) is 13.7. The number of hydrogen-bond donors (Lipinski definition) is 0. The Hall–Kier alpha value is -8.08. The van der Waals surface area contributed by atoms with Gasteiger partial charge in [0.25, 0.3) is 0 Å². The largest absolute Gasteiger partial charge is 0.422 e. The third-order valence-electron chi connectivity index (χ3n) is 11.8. The van der Waals surface area contributed by atoms with E-state index in [0.717, 1.165) is 0 Å². The van der Waals surface area contributed by atoms with E-state index in [2.05, 4.69) is 4.98 Å². The Morgan fingerprint density at radius 1 is 0.395 bits per heavy atom. The highest BCUT2D eigenvalue weighted by Gasteiger charge is 2.47. The molecule has 0 radical (unpaired) electrons. The van der Waals surface area contributed by atoms with Gasteiger partial charge in [-0.25, -0.2) is 9.78 Å². The Morgan fingerprint density at radius 2 is 0.667 bits per heavy atom. The molecule has 430 valence electrons. The van der Waals surface area contributed by atoms with Crippen LogP contribution in [-0.4, -0.2) is 22.9 Å². The Morgan fingerprint density at radius 3 is 0.938 bits per heavy atom. The van der Waals surface area contributed by atoms with E-state index in [1.54, 1.807) is 47.2 Å². The fourth-order valence-corrected chi connectivity index (χ4v) is 8.24. The van der Waals surface area contributed by atoms with Crippen LogP contribution < -0.4 is 31.2 Å². The quantitative estimate of drug-likeness (QED) is 0.0361. The van der Waals surface area contributed by atoms with Crippen LogP contribution in [0.3, 0.4) is 0 Å². The molecule has 0 N–H and O–H groups in total. The van der Waals surface area contributed by atoms with Gasteiger partial charge in [0.1, 0.15) is 11.9 Å². The first-order chi connectivity index (χ1) is 37.0. The number of alkyl halides is 24. The first kappa shape index (κ1) is 62.1. The van der Waals surface area contributed by atoms with Gasteiger partial charge < -0.3 is 4.74 Å². The highest BCUT2D eigenvalue weighted by molar-refractivity contribution is 7.20. The van der Waals surface area contributed by atoms with Crippen LogP contribution in [0.25, 0.3) is 0 Å². The maximum atomic E-state index is 14.2. The second-order valence-corrected chi connectivity index (χ2v) is 17.3. The average Bonchev–Trinajstić information content (AvgIpc) is 3.50. The molecule has 6 aromatic carbocycles. The van der Waals surface area contributed by atoms with Crippen LogP contribution in [0.15, 0.2) is 152 Å². The molecule has 0 fully saturated rings. The van der Waals surface area contributed by atoms with E-state index in [4.69, 9.17) is 4.74 Å². The molecule has 0 bridgehead atoms. The number of rotatable bonds is 9. The van der Waals surface area contributed by atoms with Crippen molar-refractivity contribution in [3.63, 3.8) is 0 Å². The molecule has 1 aromatic heterocycles. The summed E-state index contributed by atoms with van der Waals surface area (Å²) in [7, 11) is 0. The number of esters is 1. The third-order valence-corrected chi connectivity index (χ3v) is 11.8. The summed E-state index contributed by atoms with van der Waals surface area (Å²) in [6.45, 7) is 0.123. The molecule has 7 aromatic rings. The molecule has 0 aliphatic heterocycles. The number of benzene rings is 6. The van der Waals surface area contributed by atoms with Crippen LogP contribution in [0.1, 0.15) is 65.4 Å². The molecule has 0 unspecified atom stereocenters. The molecule has 81 heavy (non-hydrogen) atoms. The molecule has 0 atom stereocenters. The lowest BCUT2D eigenvalue weighted by Gasteiger charge is -2.46. The first-order valence-corrected chi connectivity index (χ1v) is 22.0. The average molecular weight is 1180 g/mol. The molecule has 30 heteroatoms. The molecular formula is C51H27BF24N2O3. The number of halogens is 24. The molecule has 1 heterocycles. The standard InChI is InChI=1S/C32H12BF24.C19H15N2O3/c34-25(35,36)13-1-14(26(37,38)39)6-21(5-13)33(22-7-15(27(40,41)42)2-16(8-22)28(43,44)45,23-9-17(29(46,47)48)3-18(10-23)30(49,50)51)24-11-19(31(52,53)54)4-20(12-24)32(55,56)57;22-18(15-7-3-1-4-8-15)14-21-12-11-20-17(13-21)19(23)24-16-9-5-2-6-10-16/h1-12H;1-13H,14H2/q-1;+1. The number of aromatic nitrogens is 2. The van der Waals surface area contributed by atoms with Gasteiger partial charge in [0.2, 0.25) is 24.2 Å². The second-order valence-electron chi connectivity index (χ2n) is 17.3. The zero-order valence-electron chi connectivity index (χ0n) is 39.4. The molecular weight excluding hydrogens is 1160 g/mol. The summed E-state index contributed by atoms with van der Waals surface area (Å²) in [5.74, 6) is -0.169. The number of ether oxygens (including phenoxy) is 1. The van der Waals surface area contributed by atoms with Crippen molar-refractivity contribution < 1.29 is 124 Å². The Bertz CT molecular complexity index is 2980. The van der Waals surface area contributed by atoms with E-state index < -0.39 is 201 Å². The van der Waals surface area contributed by atoms with Gasteiger partial charge in [0.15, 0.2) is 6.20 Å². The number of carbonyl (C=O) groups excluding carboxylic acids is 2. The van der Waals surface area contributed by atoms with Gasteiger partial charge in [-0.2, -0.15) is 132 Å². The molecule has 0 amide bonds. The highest BCUT2D eigenvalue weighted by atomic mass is 19.4. The lowest BCUT2D eigenvalue weighted by molar-refractivity contribution is -0.683. The Kier molecular flexibility index (Phi) is 17.0. The predicted molar refractivity (Wildman–Crippen MR) is 237 cm³/mol. The van der Waals surface area contributed by atoms with Gasteiger partial charge in [-0.05, 0) is 36.4 Å².